The third-order valence-electron chi connectivity index (χ3n) is 2.32. The quantitative estimate of drug-likeness (QED) is 0.824. The minimum Gasteiger partial charge on any atom is -0.384 e. The second kappa shape index (κ2) is 5.00. The first-order valence-electron chi connectivity index (χ1n) is 4.76. The van der Waals surface area contributed by atoms with Crippen molar-refractivity contribution >= 4 is 43.2 Å². The number of hydrogen-bond acceptors (Lipinski definition) is 2. The fourth-order valence-corrected chi connectivity index (χ4v) is 3.50. The van der Waals surface area contributed by atoms with Gasteiger partial charge in [0.1, 0.15) is 6.10 Å². The molecule has 0 aliphatic heterocycles. The predicted molar refractivity (Wildman–Crippen MR) is 75.0 cm³/mol. The molecule has 0 bridgehead atoms. The number of thiophene rings is 1. The summed E-state index contributed by atoms with van der Waals surface area (Å²) in [5.41, 5.74) is 1.84. The molecule has 1 aromatic carbocycles. The van der Waals surface area contributed by atoms with Gasteiger partial charge in [-0.1, -0.05) is 37.9 Å². The van der Waals surface area contributed by atoms with Crippen LogP contribution in [-0.2, 0) is 0 Å². The maximum Gasteiger partial charge on any atom is 0.106 e. The van der Waals surface area contributed by atoms with Crippen molar-refractivity contribution in [3.8, 4) is 0 Å². The van der Waals surface area contributed by atoms with Gasteiger partial charge < -0.3 is 5.11 Å². The predicted octanol–water partition coefficient (Wildman–Crippen LogP) is 4.66. The van der Waals surface area contributed by atoms with Gasteiger partial charge in [-0.2, -0.15) is 0 Å². The van der Waals surface area contributed by atoms with Crippen LogP contribution in [0.15, 0.2) is 38.6 Å². The molecule has 0 spiro atoms. The van der Waals surface area contributed by atoms with Crippen molar-refractivity contribution in [1.29, 1.82) is 0 Å². The van der Waals surface area contributed by atoms with E-state index in [4.69, 9.17) is 0 Å². The van der Waals surface area contributed by atoms with Crippen LogP contribution < -0.4 is 0 Å². The maximum absolute atomic E-state index is 10.2. The lowest BCUT2D eigenvalue weighted by molar-refractivity contribution is 0.220. The fraction of sp³-hybridized carbons (Fsp3) is 0.167. The van der Waals surface area contributed by atoms with Gasteiger partial charge in [-0.15, -0.1) is 11.3 Å². The lowest BCUT2D eigenvalue weighted by Gasteiger charge is -2.11. The second-order valence-corrected chi connectivity index (χ2v) is 6.44. The SMILES string of the molecule is Cc1cc(C(O)c2ccc(Br)cc2Br)cs1. The normalized spacial score (nSPS) is 12.8. The molecule has 2 aromatic rings. The molecule has 1 heterocycles. The first kappa shape index (κ1) is 12.3. The minimum atomic E-state index is -0.563. The number of hydrogen-bond donors (Lipinski definition) is 1. The Labute approximate surface area is 115 Å². The van der Waals surface area contributed by atoms with Gasteiger partial charge in [-0.05, 0) is 41.6 Å². The van der Waals surface area contributed by atoms with Crippen LogP contribution in [-0.4, -0.2) is 5.11 Å². The van der Waals surface area contributed by atoms with Crippen molar-refractivity contribution in [1.82, 2.24) is 0 Å². The van der Waals surface area contributed by atoms with E-state index in [0.29, 0.717) is 0 Å². The highest BCUT2D eigenvalue weighted by Gasteiger charge is 2.14. The molecule has 1 nitrogen and oxygen atoms in total. The molecule has 0 aliphatic carbocycles. The Morgan fingerprint density at radius 2 is 2.00 bits per heavy atom. The number of rotatable bonds is 2. The molecule has 0 saturated heterocycles. The van der Waals surface area contributed by atoms with Gasteiger partial charge in [-0.25, -0.2) is 0 Å². The molecular weight excluding hydrogens is 352 g/mol. The molecule has 1 aromatic heterocycles. The van der Waals surface area contributed by atoms with Crippen molar-refractivity contribution in [3.05, 3.63) is 54.6 Å². The van der Waals surface area contributed by atoms with E-state index in [9.17, 15) is 5.11 Å². The van der Waals surface area contributed by atoms with Gasteiger partial charge in [-0.3, -0.25) is 0 Å². The summed E-state index contributed by atoms with van der Waals surface area (Å²) in [5, 5.41) is 12.2. The monoisotopic (exact) mass is 360 g/mol. The van der Waals surface area contributed by atoms with Crippen LogP contribution in [0.3, 0.4) is 0 Å². The molecule has 4 heteroatoms. The number of benzene rings is 1. The van der Waals surface area contributed by atoms with E-state index in [1.54, 1.807) is 11.3 Å². The molecule has 0 amide bonds. The zero-order valence-electron chi connectivity index (χ0n) is 8.58. The van der Waals surface area contributed by atoms with Crippen LogP contribution in [0, 0.1) is 6.92 Å². The van der Waals surface area contributed by atoms with Gasteiger partial charge in [0, 0.05) is 13.8 Å². The summed E-state index contributed by atoms with van der Waals surface area (Å²) in [6.45, 7) is 2.04. The van der Waals surface area contributed by atoms with Crippen LogP contribution in [0.5, 0.6) is 0 Å². The number of aliphatic hydroxyl groups excluding tert-OH is 1. The standard InChI is InChI=1S/C12H10Br2OS/c1-7-4-8(6-16-7)12(15)10-3-2-9(13)5-11(10)14/h2-6,12,15H,1H3. The Kier molecular flexibility index (Phi) is 3.85. The van der Waals surface area contributed by atoms with E-state index >= 15 is 0 Å². The lowest BCUT2D eigenvalue weighted by atomic mass is 10.0. The largest absolute Gasteiger partial charge is 0.384 e. The summed E-state index contributed by atoms with van der Waals surface area (Å²) in [6, 6.07) is 7.82. The Bertz CT molecular complexity index is 507. The number of aryl methyl sites for hydroxylation is 1. The molecule has 0 fully saturated rings. The third kappa shape index (κ3) is 2.56. The molecule has 0 saturated carbocycles. The summed E-state index contributed by atoms with van der Waals surface area (Å²) >= 11 is 8.51. The van der Waals surface area contributed by atoms with Crippen molar-refractivity contribution in [2.45, 2.75) is 13.0 Å². The summed E-state index contributed by atoms with van der Waals surface area (Å²) in [7, 11) is 0. The molecule has 16 heavy (non-hydrogen) atoms. The molecule has 1 N–H and O–H groups in total. The molecule has 1 unspecified atom stereocenters. The first-order chi connectivity index (χ1) is 7.58. The van der Waals surface area contributed by atoms with Gasteiger partial charge in [0.15, 0.2) is 0 Å². The zero-order valence-corrected chi connectivity index (χ0v) is 12.6. The van der Waals surface area contributed by atoms with Crippen LogP contribution in [0.25, 0.3) is 0 Å². The van der Waals surface area contributed by atoms with E-state index in [1.807, 2.05) is 36.6 Å². The van der Waals surface area contributed by atoms with E-state index in [1.165, 1.54) is 4.88 Å². The Morgan fingerprint density at radius 1 is 1.25 bits per heavy atom. The smallest absolute Gasteiger partial charge is 0.106 e. The Hall–Kier alpha value is -0.160. The average molecular weight is 362 g/mol. The number of aliphatic hydroxyl groups is 1. The van der Waals surface area contributed by atoms with Crippen molar-refractivity contribution < 1.29 is 5.11 Å². The van der Waals surface area contributed by atoms with Gasteiger partial charge >= 0.3 is 0 Å². The molecule has 1 atom stereocenters. The van der Waals surface area contributed by atoms with Crippen molar-refractivity contribution in [2.24, 2.45) is 0 Å². The highest BCUT2D eigenvalue weighted by atomic mass is 79.9. The van der Waals surface area contributed by atoms with Crippen molar-refractivity contribution in [3.63, 3.8) is 0 Å². The van der Waals surface area contributed by atoms with Gasteiger partial charge in [0.25, 0.3) is 0 Å². The lowest BCUT2D eigenvalue weighted by Crippen LogP contribution is -1.98. The highest BCUT2D eigenvalue weighted by Crippen LogP contribution is 2.32. The maximum atomic E-state index is 10.2. The van der Waals surface area contributed by atoms with Crippen LogP contribution in [0.2, 0.25) is 0 Å². The minimum absolute atomic E-state index is 0.563. The van der Waals surface area contributed by atoms with E-state index in [0.717, 1.165) is 20.1 Å². The summed E-state index contributed by atoms with van der Waals surface area (Å²) in [4.78, 5) is 1.21. The van der Waals surface area contributed by atoms with Gasteiger partial charge in [0.2, 0.25) is 0 Å². The highest BCUT2D eigenvalue weighted by molar-refractivity contribution is 9.11. The summed E-state index contributed by atoms with van der Waals surface area (Å²) in [6.07, 6.45) is -0.563. The van der Waals surface area contributed by atoms with E-state index in [-0.39, 0.29) is 0 Å². The van der Waals surface area contributed by atoms with Crippen LogP contribution >= 0.6 is 43.2 Å². The molecular formula is C12H10Br2OS. The topological polar surface area (TPSA) is 20.2 Å². The van der Waals surface area contributed by atoms with Crippen LogP contribution in [0.1, 0.15) is 22.1 Å². The summed E-state index contributed by atoms with van der Waals surface area (Å²) in [5.74, 6) is 0. The van der Waals surface area contributed by atoms with Gasteiger partial charge in [0.05, 0.1) is 0 Å². The van der Waals surface area contributed by atoms with E-state index < -0.39 is 6.10 Å². The Morgan fingerprint density at radius 3 is 2.56 bits per heavy atom. The zero-order chi connectivity index (χ0) is 11.7. The average Bonchev–Trinajstić information content (AvgIpc) is 2.64. The second-order valence-electron chi connectivity index (χ2n) is 3.56. The fourth-order valence-electron chi connectivity index (χ4n) is 1.51. The molecule has 0 radical (unpaired) electrons. The molecule has 84 valence electrons. The van der Waals surface area contributed by atoms with Crippen LogP contribution in [0.4, 0.5) is 0 Å². The summed E-state index contributed by atoms with van der Waals surface area (Å²) < 4.78 is 1.91. The molecule has 0 aliphatic rings. The molecule has 2 rings (SSSR count). The third-order valence-corrected chi connectivity index (χ3v) is 4.38. The first-order valence-corrected chi connectivity index (χ1v) is 7.22. The number of halogens is 2. The van der Waals surface area contributed by atoms with E-state index in [2.05, 4.69) is 31.9 Å². The van der Waals surface area contributed by atoms with Crippen molar-refractivity contribution in [2.75, 3.05) is 0 Å². The Balaban J connectivity index is 2.37.